The highest BCUT2D eigenvalue weighted by molar-refractivity contribution is 6.31. The Morgan fingerprint density at radius 3 is 2.70 bits per heavy atom. The van der Waals surface area contributed by atoms with Crippen LogP contribution in [0.1, 0.15) is 0 Å². The van der Waals surface area contributed by atoms with Crippen LogP contribution in [0.3, 0.4) is 0 Å². The van der Waals surface area contributed by atoms with Crippen LogP contribution in [0.25, 0.3) is 11.4 Å². The van der Waals surface area contributed by atoms with Crippen molar-refractivity contribution < 1.29 is 17.6 Å². The smallest absolute Gasteiger partial charge is 0.326 e. The lowest BCUT2D eigenvalue weighted by molar-refractivity contribution is -0.139. The first-order chi connectivity index (χ1) is 9.31. The van der Waals surface area contributed by atoms with Crippen molar-refractivity contribution in [1.29, 1.82) is 0 Å². The molecule has 0 spiro atoms. The van der Waals surface area contributed by atoms with Gasteiger partial charge < -0.3 is 5.73 Å². The minimum absolute atomic E-state index is 0.162. The molecule has 2 N–H and O–H groups in total. The van der Waals surface area contributed by atoms with Gasteiger partial charge in [-0.2, -0.15) is 8.78 Å². The van der Waals surface area contributed by atoms with Crippen LogP contribution in [0.15, 0.2) is 18.2 Å². The summed E-state index contributed by atoms with van der Waals surface area (Å²) in [5, 5.41) is 10.3. The van der Waals surface area contributed by atoms with E-state index < -0.39 is 18.9 Å². The molecule has 108 valence electrons. The van der Waals surface area contributed by atoms with Crippen molar-refractivity contribution in [3.8, 4) is 11.4 Å². The van der Waals surface area contributed by atoms with Crippen molar-refractivity contribution in [3.63, 3.8) is 0 Å². The fourth-order valence-corrected chi connectivity index (χ4v) is 1.67. The van der Waals surface area contributed by atoms with Gasteiger partial charge in [0.2, 0.25) is 0 Å². The molecule has 0 atom stereocenters. The standard InChI is InChI=1S/C10H8ClF4N5/c11-5-1-2-7(16)6(3-5)8-17-18-19-20(8)4-10(14,15)9(12)13/h1-3,9H,4,16H2. The number of hydrogen-bond acceptors (Lipinski definition) is 4. The van der Waals surface area contributed by atoms with Gasteiger partial charge >= 0.3 is 12.3 Å². The average molecular weight is 310 g/mol. The van der Waals surface area contributed by atoms with E-state index in [0.717, 1.165) is 0 Å². The lowest BCUT2D eigenvalue weighted by Crippen LogP contribution is -2.32. The second-order valence-corrected chi connectivity index (χ2v) is 4.39. The first-order valence-corrected chi connectivity index (χ1v) is 5.66. The zero-order valence-electron chi connectivity index (χ0n) is 9.77. The van der Waals surface area contributed by atoms with Gasteiger partial charge in [0.1, 0.15) is 6.54 Å². The molecule has 1 heterocycles. The predicted octanol–water partition coefficient (Wildman–Crippen LogP) is 2.48. The van der Waals surface area contributed by atoms with Crippen LogP contribution in [0.4, 0.5) is 23.2 Å². The summed E-state index contributed by atoms with van der Waals surface area (Å²) in [7, 11) is 0. The summed E-state index contributed by atoms with van der Waals surface area (Å²) in [6.07, 6.45) is -3.82. The summed E-state index contributed by atoms with van der Waals surface area (Å²) in [4.78, 5) is 0. The third-order valence-electron chi connectivity index (χ3n) is 2.47. The van der Waals surface area contributed by atoms with Gasteiger partial charge in [0.25, 0.3) is 0 Å². The number of nitrogens with zero attached hydrogens (tertiary/aromatic N) is 4. The summed E-state index contributed by atoms with van der Waals surface area (Å²) in [5.41, 5.74) is 6.04. The molecular weight excluding hydrogens is 302 g/mol. The predicted molar refractivity (Wildman–Crippen MR) is 63.6 cm³/mol. The summed E-state index contributed by atoms with van der Waals surface area (Å²) >= 11 is 5.77. The number of aromatic nitrogens is 4. The van der Waals surface area contributed by atoms with Gasteiger partial charge in [-0.3, -0.25) is 0 Å². The first-order valence-electron chi connectivity index (χ1n) is 5.29. The number of nitrogen functional groups attached to an aromatic ring is 1. The Morgan fingerprint density at radius 2 is 2.05 bits per heavy atom. The van der Waals surface area contributed by atoms with Gasteiger partial charge in [0.15, 0.2) is 5.82 Å². The maximum atomic E-state index is 13.1. The number of hydrogen-bond donors (Lipinski definition) is 1. The summed E-state index contributed by atoms with van der Waals surface area (Å²) in [6, 6.07) is 4.28. The van der Waals surface area contributed by atoms with Crippen molar-refractivity contribution in [2.45, 2.75) is 18.9 Å². The van der Waals surface area contributed by atoms with Crippen LogP contribution < -0.4 is 5.73 Å². The Hall–Kier alpha value is -1.90. The minimum Gasteiger partial charge on any atom is -0.398 e. The fourth-order valence-electron chi connectivity index (χ4n) is 1.49. The highest BCUT2D eigenvalue weighted by atomic mass is 35.5. The lowest BCUT2D eigenvalue weighted by Gasteiger charge is -2.15. The Labute approximate surface area is 115 Å². The normalized spacial score (nSPS) is 12.1. The number of anilines is 1. The Morgan fingerprint density at radius 1 is 1.35 bits per heavy atom. The number of rotatable bonds is 4. The van der Waals surface area contributed by atoms with Crippen molar-refractivity contribution in [3.05, 3.63) is 23.2 Å². The Bertz CT molecular complexity index is 615. The monoisotopic (exact) mass is 309 g/mol. The lowest BCUT2D eigenvalue weighted by atomic mass is 10.1. The molecule has 1 aromatic carbocycles. The minimum atomic E-state index is -4.25. The molecular formula is C10H8ClF4N5. The van der Waals surface area contributed by atoms with Crippen LogP contribution in [-0.4, -0.2) is 32.6 Å². The molecule has 2 aromatic rings. The summed E-state index contributed by atoms with van der Waals surface area (Å²) < 4.78 is 51.1. The van der Waals surface area contributed by atoms with Gasteiger partial charge in [-0.25, -0.2) is 13.5 Å². The van der Waals surface area contributed by atoms with E-state index in [1.54, 1.807) is 0 Å². The van der Waals surface area contributed by atoms with Crippen LogP contribution >= 0.6 is 11.6 Å². The Kier molecular flexibility index (Phi) is 3.80. The topological polar surface area (TPSA) is 69.6 Å². The highest BCUT2D eigenvalue weighted by Crippen LogP contribution is 2.30. The van der Waals surface area contributed by atoms with Crippen molar-refractivity contribution >= 4 is 17.3 Å². The molecule has 0 fully saturated rings. The average Bonchev–Trinajstić information content (AvgIpc) is 2.79. The van der Waals surface area contributed by atoms with E-state index in [4.69, 9.17) is 17.3 Å². The molecule has 0 radical (unpaired) electrons. The molecule has 5 nitrogen and oxygen atoms in total. The third-order valence-corrected chi connectivity index (χ3v) is 2.70. The molecule has 2 rings (SSSR count). The van der Waals surface area contributed by atoms with Crippen molar-refractivity contribution in [2.24, 2.45) is 0 Å². The van der Waals surface area contributed by atoms with E-state index in [0.29, 0.717) is 4.68 Å². The molecule has 0 unspecified atom stereocenters. The molecule has 0 saturated carbocycles. The van der Waals surface area contributed by atoms with Gasteiger partial charge in [-0.15, -0.1) is 5.10 Å². The third kappa shape index (κ3) is 2.82. The van der Waals surface area contributed by atoms with E-state index in [1.165, 1.54) is 18.2 Å². The number of halogens is 5. The number of tetrazole rings is 1. The molecule has 0 saturated heterocycles. The van der Waals surface area contributed by atoms with Gasteiger partial charge in [0.05, 0.1) is 0 Å². The zero-order valence-corrected chi connectivity index (χ0v) is 10.5. The van der Waals surface area contributed by atoms with E-state index in [-0.39, 0.29) is 22.1 Å². The zero-order chi connectivity index (χ0) is 14.9. The maximum Gasteiger partial charge on any atom is 0.326 e. The molecule has 0 amide bonds. The van der Waals surface area contributed by atoms with Gasteiger partial charge in [0, 0.05) is 16.3 Å². The SMILES string of the molecule is Nc1ccc(Cl)cc1-c1nnnn1CC(F)(F)C(F)F. The second kappa shape index (κ2) is 5.23. The molecule has 0 aliphatic rings. The van der Waals surface area contributed by atoms with E-state index in [2.05, 4.69) is 15.5 Å². The molecule has 0 bridgehead atoms. The molecule has 20 heavy (non-hydrogen) atoms. The van der Waals surface area contributed by atoms with Crippen LogP contribution in [-0.2, 0) is 6.54 Å². The van der Waals surface area contributed by atoms with E-state index in [9.17, 15) is 17.6 Å². The molecule has 1 aromatic heterocycles. The number of alkyl halides is 4. The number of nitrogens with two attached hydrogens (primary N) is 1. The number of benzene rings is 1. The van der Waals surface area contributed by atoms with Gasteiger partial charge in [-0.1, -0.05) is 11.6 Å². The molecule has 10 heteroatoms. The van der Waals surface area contributed by atoms with E-state index in [1.807, 2.05) is 0 Å². The molecule has 0 aliphatic carbocycles. The van der Waals surface area contributed by atoms with Crippen LogP contribution in [0.5, 0.6) is 0 Å². The summed E-state index contributed by atoms with van der Waals surface area (Å²) in [6.45, 7) is -1.36. The summed E-state index contributed by atoms with van der Waals surface area (Å²) in [5.74, 6) is -4.41. The van der Waals surface area contributed by atoms with Gasteiger partial charge in [-0.05, 0) is 28.6 Å². The van der Waals surface area contributed by atoms with E-state index >= 15 is 0 Å². The largest absolute Gasteiger partial charge is 0.398 e. The second-order valence-electron chi connectivity index (χ2n) is 3.95. The Balaban J connectivity index is 2.41. The quantitative estimate of drug-likeness (QED) is 0.696. The first kappa shape index (κ1) is 14.5. The van der Waals surface area contributed by atoms with Crippen molar-refractivity contribution in [1.82, 2.24) is 20.2 Å². The van der Waals surface area contributed by atoms with Crippen LogP contribution in [0, 0.1) is 0 Å². The van der Waals surface area contributed by atoms with Crippen molar-refractivity contribution in [2.75, 3.05) is 5.73 Å². The molecule has 0 aliphatic heterocycles. The van der Waals surface area contributed by atoms with Crippen LogP contribution in [0.2, 0.25) is 5.02 Å². The fraction of sp³-hybridized carbons (Fsp3) is 0.300. The highest BCUT2D eigenvalue weighted by Gasteiger charge is 2.42. The maximum absolute atomic E-state index is 13.1.